The van der Waals surface area contributed by atoms with Crippen LogP contribution in [0.5, 0.6) is 11.5 Å². The third-order valence-electron chi connectivity index (χ3n) is 4.57. The summed E-state index contributed by atoms with van der Waals surface area (Å²) in [6.07, 6.45) is -0.237. The van der Waals surface area contributed by atoms with Crippen LogP contribution >= 0.6 is 0 Å². The number of halogens is 1. The lowest BCUT2D eigenvalue weighted by Crippen LogP contribution is -2.47. The fourth-order valence-electron chi connectivity index (χ4n) is 3.09. The average molecular weight is 372 g/mol. The maximum atomic E-state index is 13.2. The molecule has 27 heavy (non-hydrogen) atoms. The van der Waals surface area contributed by atoms with Gasteiger partial charge in [-0.1, -0.05) is 38.1 Å². The second-order valence-corrected chi connectivity index (χ2v) is 7.10. The van der Waals surface area contributed by atoms with Crippen molar-refractivity contribution in [3.8, 4) is 11.5 Å². The van der Waals surface area contributed by atoms with Crippen molar-refractivity contribution < 1.29 is 18.7 Å². The molecule has 2 aromatic rings. The molecule has 3 rings (SSSR count). The molecule has 2 unspecified atom stereocenters. The van der Waals surface area contributed by atoms with Crippen molar-refractivity contribution in [3.05, 3.63) is 59.9 Å². The molecule has 0 saturated heterocycles. The highest BCUT2D eigenvalue weighted by Crippen LogP contribution is 2.31. The maximum absolute atomic E-state index is 13.2. The molecule has 1 N–H and O–H groups in total. The summed E-state index contributed by atoms with van der Waals surface area (Å²) < 4.78 is 24.8. The number of amides is 2. The number of nitrogens with one attached hydrogen (secondary N) is 1. The Kier molecular flexibility index (Phi) is 5.84. The number of ether oxygens (including phenoxy) is 2. The van der Waals surface area contributed by atoms with E-state index in [2.05, 4.69) is 5.32 Å². The van der Waals surface area contributed by atoms with E-state index in [1.54, 1.807) is 24.1 Å². The molecule has 0 spiro atoms. The molecule has 1 heterocycles. The number of urea groups is 1. The van der Waals surface area contributed by atoms with E-state index in [0.717, 1.165) is 11.3 Å². The Bertz CT molecular complexity index is 779. The minimum Gasteiger partial charge on any atom is -0.486 e. The first-order chi connectivity index (χ1) is 12.9. The summed E-state index contributed by atoms with van der Waals surface area (Å²) in [5.74, 6) is 1.28. The summed E-state index contributed by atoms with van der Waals surface area (Å²) >= 11 is 0. The molecular weight excluding hydrogens is 347 g/mol. The smallest absolute Gasteiger partial charge is 0.317 e. The molecule has 5 nitrogen and oxygen atoms in total. The average Bonchev–Trinajstić information content (AvgIpc) is 2.66. The minimum atomic E-state index is -0.292. The normalized spacial score (nSPS) is 16.7. The standard InChI is InChI=1S/C21H25FN2O3/c1-14(2)20(15-8-10-16(22)11-9-15)23-21(25)24(3)12-17-13-26-18-6-4-5-7-19(18)27-17/h4-11,14,17,20H,12-13H2,1-3H3,(H,23,25). The van der Waals surface area contributed by atoms with Crippen LogP contribution in [0.2, 0.25) is 0 Å². The van der Waals surface area contributed by atoms with Crippen LogP contribution in [0.25, 0.3) is 0 Å². The molecule has 6 heteroatoms. The number of hydrogen-bond donors (Lipinski definition) is 1. The van der Waals surface area contributed by atoms with E-state index in [1.165, 1.54) is 12.1 Å². The highest BCUT2D eigenvalue weighted by Gasteiger charge is 2.25. The largest absolute Gasteiger partial charge is 0.486 e. The summed E-state index contributed by atoms with van der Waals surface area (Å²) in [6, 6.07) is 13.3. The molecule has 0 saturated carbocycles. The van der Waals surface area contributed by atoms with Gasteiger partial charge in [0, 0.05) is 7.05 Å². The number of rotatable bonds is 5. The Balaban J connectivity index is 1.60. The van der Waals surface area contributed by atoms with Gasteiger partial charge in [-0.15, -0.1) is 0 Å². The zero-order chi connectivity index (χ0) is 19.4. The van der Waals surface area contributed by atoms with E-state index in [1.807, 2.05) is 38.1 Å². The predicted octanol–water partition coefficient (Wildman–Crippen LogP) is 4.00. The van der Waals surface area contributed by atoms with Gasteiger partial charge in [-0.05, 0) is 35.7 Å². The molecule has 2 atom stereocenters. The molecule has 0 radical (unpaired) electrons. The number of carbonyl (C=O) groups excluding carboxylic acids is 1. The SMILES string of the molecule is CC(C)C(NC(=O)N(C)CC1COc2ccccc2O1)c1ccc(F)cc1. The molecule has 0 aliphatic carbocycles. The molecule has 0 bridgehead atoms. The van der Waals surface area contributed by atoms with Gasteiger partial charge in [0.15, 0.2) is 17.6 Å². The summed E-state index contributed by atoms with van der Waals surface area (Å²) in [5, 5.41) is 3.03. The molecule has 1 aliphatic heterocycles. The number of benzene rings is 2. The topological polar surface area (TPSA) is 50.8 Å². The van der Waals surface area contributed by atoms with Crippen LogP contribution in [-0.4, -0.2) is 37.2 Å². The van der Waals surface area contributed by atoms with Crippen molar-refractivity contribution >= 4 is 6.03 Å². The highest BCUT2D eigenvalue weighted by molar-refractivity contribution is 5.74. The van der Waals surface area contributed by atoms with E-state index >= 15 is 0 Å². The first-order valence-corrected chi connectivity index (χ1v) is 9.09. The highest BCUT2D eigenvalue weighted by atomic mass is 19.1. The predicted molar refractivity (Wildman–Crippen MR) is 101 cm³/mol. The molecule has 0 aromatic heterocycles. The van der Waals surface area contributed by atoms with Crippen molar-refractivity contribution in [1.29, 1.82) is 0 Å². The molecule has 1 aliphatic rings. The number of nitrogens with zero attached hydrogens (tertiary/aromatic N) is 1. The van der Waals surface area contributed by atoms with Gasteiger partial charge in [-0.2, -0.15) is 0 Å². The van der Waals surface area contributed by atoms with E-state index in [4.69, 9.17) is 9.47 Å². The van der Waals surface area contributed by atoms with Gasteiger partial charge in [0.1, 0.15) is 12.4 Å². The second kappa shape index (κ2) is 8.29. The summed E-state index contributed by atoms with van der Waals surface area (Å²) in [5.41, 5.74) is 0.874. The van der Waals surface area contributed by atoms with Crippen molar-refractivity contribution in [3.63, 3.8) is 0 Å². The van der Waals surface area contributed by atoms with Gasteiger partial charge >= 0.3 is 6.03 Å². The number of fused-ring (bicyclic) bond motifs is 1. The number of likely N-dealkylation sites (N-methyl/N-ethyl adjacent to an activating group) is 1. The minimum absolute atomic E-state index is 0.161. The molecule has 144 valence electrons. The zero-order valence-electron chi connectivity index (χ0n) is 15.8. The molecular formula is C21H25FN2O3. The maximum Gasteiger partial charge on any atom is 0.317 e. The van der Waals surface area contributed by atoms with Gasteiger partial charge in [-0.25, -0.2) is 9.18 Å². The lowest BCUT2D eigenvalue weighted by atomic mass is 9.96. The van der Waals surface area contributed by atoms with E-state index in [9.17, 15) is 9.18 Å². The van der Waals surface area contributed by atoms with Crippen molar-refractivity contribution in [1.82, 2.24) is 10.2 Å². The van der Waals surface area contributed by atoms with Crippen LogP contribution in [0.3, 0.4) is 0 Å². The van der Waals surface area contributed by atoms with E-state index in [-0.39, 0.29) is 29.9 Å². The van der Waals surface area contributed by atoms with E-state index < -0.39 is 0 Å². The molecule has 2 amide bonds. The Labute approximate surface area is 159 Å². The Hall–Kier alpha value is -2.76. The molecule has 0 fully saturated rings. The number of carbonyl (C=O) groups is 1. The lowest BCUT2D eigenvalue weighted by Gasteiger charge is -2.31. The van der Waals surface area contributed by atoms with Crippen LogP contribution < -0.4 is 14.8 Å². The van der Waals surface area contributed by atoms with Crippen LogP contribution in [0.4, 0.5) is 9.18 Å². The summed E-state index contributed by atoms with van der Waals surface area (Å²) in [4.78, 5) is 14.2. The number of hydrogen-bond acceptors (Lipinski definition) is 3. The van der Waals surface area contributed by atoms with Crippen LogP contribution in [0.15, 0.2) is 48.5 Å². The zero-order valence-corrected chi connectivity index (χ0v) is 15.8. The van der Waals surface area contributed by atoms with Crippen molar-refractivity contribution in [2.75, 3.05) is 20.2 Å². The number of para-hydroxylation sites is 2. The van der Waals surface area contributed by atoms with Crippen LogP contribution in [-0.2, 0) is 0 Å². The van der Waals surface area contributed by atoms with Gasteiger partial charge < -0.3 is 19.7 Å². The third-order valence-corrected chi connectivity index (χ3v) is 4.57. The fourth-order valence-corrected chi connectivity index (χ4v) is 3.09. The Morgan fingerprint density at radius 2 is 1.85 bits per heavy atom. The van der Waals surface area contributed by atoms with Crippen LogP contribution in [0.1, 0.15) is 25.5 Å². The van der Waals surface area contributed by atoms with Gasteiger partial charge in [-0.3, -0.25) is 0 Å². The summed E-state index contributed by atoms with van der Waals surface area (Å²) in [7, 11) is 1.72. The third kappa shape index (κ3) is 4.70. The first-order valence-electron chi connectivity index (χ1n) is 9.09. The fraction of sp³-hybridized carbons (Fsp3) is 0.381. The van der Waals surface area contributed by atoms with Gasteiger partial charge in [0.25, 0.3) is 0 Å². The quantitative estimate of drug-likeness (QED) is 0.863. The lowest BCUT2D eigenvalue weighted by molar-refractivity contribution is 0.0710. The first kappa shape index (κ1) is 19.0. The second-order valence-electron chi connectivity index (χ2n) is 7.10. The monoisotopic (exact) mass is 372 g/mol. The molecule has 2 aromatic carbocycles. The van der Waals surface area contributed by atoms with Crippen LogP contribution in [0, 0.1) is 11.7 Å². The van der Waals surface area contributed by atoms with Crippen molar-refractivity contribution in [2.45, 2.75) is 26.0 Å². The van der Waals surface area contributed by atoms with Gasteiger partial charge in [0.05, 0.1) is 12.6 Å². The van der Waals surface area contributed by atoms with Crippen molar-refractivity contribution in [2.24, 2.45) is 5.92 Å². The van der Waals surface area contributed by atoms with E-state index in [0.29, 0.717) is 18.9 Å². The summed E-state index contributed by atoms with van der Waals surface area (Å²) in [6.45, 7) is 4.82. The Morgan fingerprint density at radius 3 is 2.52 bits per heavy atom. The Morgan fingerprint density at radius 1 is 1.19 bits per heavy atom. The van der Waals surface area contributed by atoms with Gasteiger partial charge in [0.2, 0.25) is 0 Å².